The fourth-order valence-corrected chi connectivity index (χ4v) is 8.05. The zero-order valence-corrected chi connectivity index (χ0v) is 44.2. The molecule has 0 radical (unpaired) electrons. The van der Waals surface area contributed by atoms with Gasteiger partial charge in [0.15, 0.2) is 6.10 Å². The average molecular weight is 979 g/mol. The maximum Gasteiger partial charge on any atom is 0.472 e. The van der Waals surface area contributed by atoms with Crippen molar-refractivity contribution in [3.8, 4) is 0 Å². The van der Waals surface area contributed by atoms with Crippen molar-refractivity contribution < 1.29 is 52.2 Å². The highest BCUT2D eigenvalue weighted by Gasteiger charge is 2.28. The molecular weight excluding hydrogens is 880 g/mol. The van der Waals surface area contributed by atoms with Crippen molar-refractivity contribution in [3.63, 3.8) is 0 Å². The van der Waals surface area contributed by atoms with E-state index in [-0.39, 0.29) is 25.9 Å². The number of esters is 3. The van der Waals surface area contributed by atoms with Gasteiger partial charge in [-0.2, -0.15) is 0 Å². The molecule has 394 valence electrons. The van der Waals surface area contributed by atoms with Crippen molar-refractivity contribution in [2.24, 2.45) is 0 Å². The number of ether oxygens (including phenoxy) is 3. The Labute approximate surface area is 415 Å². The molecule has 0 amide bonds. The summed E-state index contributed by atoms with van der Waals surface area (Å²) < 4.78 is 39.4. The summed E-state index contributed by atoms with van der Waals surface area (Å²) in [6.07, 6.45) is 53.3. The molecule has 0 aliphatic carbocycles. The summed E-state index contributed by atoms with van der Waals surface area (Å²) in [6, 6.07) is 0. The van der Waals surface area contributed by atoms with Gasteiger partial charge in [-0.15, -0.1) is 0 Å². The lowest BCUT2D eigenvalue weighted by Crippen LogP contribution is -2.30. The molecule has 0 aromatic carbocycles. The molecule has 0 fully saturated rings. The molecule has 0 rings (SSSR count). The first-order chi connectivity index (χ1) is 33.2. The average Bonchev–Trinajstić information content (AvgIpc) is 3.32. The fraction of sp³-hybridized carbons (Fsp3) is 0.768. The van der Waals surface area contributed by atoms with E-state index in [0.717, 1.165) is 109 Å². The van der Waals surface area contributed by atoms with E-state index in [1.165, 1.54) is 70.6 Å². The van der Waals surface area contributed by atoms with Gasteiger partial charge in [-0.3, -0.25) is 23.4 Å². The molecule has 12 heteroatoms. The van der Waals surface area contributed by atoms with Gasteiger partial charge in [-0.05, 0) is 77.0 Å². The van der Waals surface area contributed by atoms with E-state index in [1.807, 2.05) is 0 Å². The molecule has 2 N–H and O–H groups in total. The van der Waals surface area contributed by atoms with Crippen molar-refractivity contribution >= 4 is 25.7 Å². The molecule has 3 unspecified atom stereocenters. The van der Waals surface area contributed by atoms with E-state index >= 15 is 0 Å². The summed E-state index contributed by atoms with van der Waals surface area (Å²) in [5.41, 5.74) is 0. The number of aliphatic hydroxyl groups is 1. The lowest BCUT2D eigenvalue weighted by molar-refractivity contribution is -0.161. The van der Waals surface area contributed by atoms with Crippen molar-refractivity contribution in [2.45, 2.75) is 251 Å². The van der Waals surface area contributed by atoms with Gasteiger partial charge in [0.2, 0.25) is 0 Å². The molecular formula is C56H99O11P. The highest BCUT2D eigenvalue weighted by Crippen LogP contribution is 2.43. The predicted octanol–water partition coefficient (Wildman–Crippen LogP) is 15.6. The fourth-order valence-electron chi connectivity index (χ4n) is 7.27. The number of carbonyl (C=O) groups excluding carboxylic acids is 3. The monoisotopic (exact) mass is 979 g/mol. The number of phosphoric ester groups is 1. The van der Waals surface area contributed by atoms with E-state index in [0.29, 0.717) is 19.3 Å². The summed E-state index contributed by atoms with van der Waals surface area (Å²) in [4.78, 5) is 48.4. The molecule has 0 aromatic heterocycles. The largest absolute Gasteiger partial charge is 0.472 e. The summed E-state index contributed by atoms with van der Waals surface area (Å²) in [5, 5.41) is 9.77. The van der Waals surface area contributed by atoms with Crippen LogP contribution in [0.1, 0.15) is 239 Å². The van der Waals surface area contributed by atoms with E-state index in [2.05, 4.69) is 81.5 Å². The van der Waals surface area contributed by atoms with Crippen molar-refractivity contribution in [1.82, 2.24) is 0 Å². The number of hydrogen-bond acceptors (Lipinski definition) is 10. The Morgan fingerprint density at radius 2 is 0.779 bits per heavy atom. The summed E-state index contributed by atoms with van der Waals surface area (Å²) in [5.74, 6) is -1.50. The third kappa shape index (κ3) is 48.2. The van der Waals surface area contributed by atoms with Gasteiger partial charge in [0.25, 0.3) is 0 Å². The van der Waals surface area contributed by atoms with E-state index in [4.69, 9.17) is 23.3 Å². The minimum atomic E-state index is -4.75. The number of phosphoric acid groups is 1. The van der Waals surface area contributed by atoms with Crippen LogP contribution in [0.15, 0.2) is 60.8 Å². The maximum absolute atomic E-state index is 12.9. The molecule has 0 saturated heterocycles. The van der Waals surface area contributed by atoms with E-state index < -0.39 is 57.8 Å². The van der Waals surface area contributed by atoms with Crippen molar-refractivity contribution in [3.05, 3.63) is 60.8 Å². The van der Waals surface area contributed by atoms with Crippen LogP contribution in [0.25, 0.3) is 0 Å². The number of carbonyl (C=O) groups is 3. The molecule has 3 atom stereocenters. The second-order valence-corrected chi connectivity index (χ2v) is 19.5. The van der Waals surface area contributed by atoms with Crippen LogP contribution in [-0.2, 0) is 42.2 Å². The third-order valence-electron chi connectivity index (χ3n) is 11.4. The predicted molar refractivity (Wildman–Crippen MR) is 279 cm³/mol. The number of aliphatic hydroxyl groups excluding tert-OH is 1. The van der Waals surface area contributed by atoms with Gasteiger partial charge in [-0.1, -0.05) is 204 Å². The van der Waals surface area contributed by atoms with Crippen molar-refractivity contribution in [1.29, 1.82) is 0 Å². The quantitative estimate of drug-likeness (QED) is 0.0197. The Hall–Kier alpha value is -2.82. The van der Waals surface area contributed by atoms with E-state index in [1.54, 1.807) is 0 Å². The van der Waals surface area contributed by atoms with Gasteiger partial charge in [0, 0.05) is 19.3 Å². The second kappa shape index (κ2) is 50.6. The number of hydrogen-bond donors (Lipinski definition) is 2. The lowest BCUT2D eigenvalue weighted by atomic mass is 10.0. The first kappa shape index (κ1) is 65.2. The number of unbranched alkanes of at least 4 members (excludes halogenated alkanes) is 23. The van der Waals surface area contributed by atoms with Crippen molar-refractivity contribution in [2.75, 3.05) is 26.4 Å². The first-order valence-corrected chi connectivity index (χ1v) is 28.7. The summed E-state index contributed by atoms with van der Waals surface area (Å²) >= 11 is 0. The zero-order chi connectivity index (χ0) is 49.9. The highest BCUT2D eigenvalue weighted by molar-refractivity contribution is 7.47. The Kier molecular flexibility index (Phi) is 48.5. The minimum Gasteiger partial charge on any atom is -0.462 e. The standard InChI is InChI=1S/C56H99O11P/c1-4-7-10-13-16-19-22-24-25-26-27-29-32-35-38-41-44-47-56(60)67-53(49-63-54(58)45-42-39-36-33-31-28-23-20-17-14-11-8-5-2)51-65-68(61,62)64-50-52(48-57)66-55(59)46-43-40-37-34-30-21-18-15-12-9-6-3/h7,10,15-16,18-19,24-25,27,29,52-53,57H,4-6,8-9,11-14,17,20-23,26,28,30-51H2,1-3H3,(H,61,62)/b10-7-,18-15-,19-16-,25-24-,29-27-. The lowest BCUT2D eigenvalue weighted by Gasteiger charge is -2.21. The van der Waals surface area contributed by atoms with Crippen LogP contribution in [0.4, 0.5) is 0 Å². The summed E-state index contributed by atoms with van der Waals surface area (Å²) in [7, 11) is -4.75. The van der Waals surface area contributed by atoms with Gasteiger partial charge < -0.3 is 24.2 Å². The van der Waals surface area contributed by atoms with Crippen LogP contribution in [0.5, 0.6) is 0 Å². The zero-order valence-electron chi connectivity index (χ0n) is 43.3. The Morgan fingerprint density at radius 3 is 1.24 bits per heavy atom. The molecule has 0 bridgehead atoms. The van der Waals surface area contributed by atoms with Gasteiger partial charge in [-0.25, -0.2) is 4.57 Å². The molecule has 0 aliphatic rings. The van der Waals surface area contributed by atoms with Crippen LogP contribution >= 0.6 is 7.82 Å². The number of allylic oxidation sites excluding steroid dienone is 10. The van der Waals surface area contributed by atoms with Crippen LogP contribution < -0.4 is 0 Å². The SMILES string of the molecule is CC/C=C\C/C=C\C/C=C\C/C=C\CCCCCCC(=O)OC(COC(=O)CCCCCCCCCCCCCCC)COP(=O)(O)OCC(CO)OC(=O)CCCCCCC/C=C\CCCC. The van der Waals surface area contributed by atoms with Crippen LogP contribution in [0, 0.1) is 0 Å². The Balaban J connectivity index is 4.78. The van der Waals surface area contributed by atoms with Gasteiger partial charge >= 0.3 is 25.7 Å². The molecule has 68 heavy (non-hydrogen) atoms. The van der Waals surface area contributed by atoms with E-state index in [9.17, 15) is 28.9 Å². The Bertz CT molecular complexity index is 1370. The smallest absolute Gasteiger partial charge is 0.462 e. The first-order valence-electron chi connectivity index (χ1n) is 27.2. The van der Waals surface area contributed by atoms with Gasteiger partial charge in [0.05, 0.1) is 19.8 Å². The molecule has 0 aliphatic heterocycles. The normalized spacial score (nSPS) is 13.9. The maximum atomic E-state index is 12.9. The molecule has 0 spiro atoms. The topological polar surface area (TPSA) is 155 Å². The molecule has 0 heterocycles. The van der Waals surface area contributed by atoms with Crippen LogP contribution in [0.2, 0.25) is 0 Å². The second-order valence-electron chi connectivity index (χ2n) is 18.0. The van der Waals surface area contributed by atoms with Crippen LogP contribution in [-0.4, -0.2) is 66.5 Å². The summed E-state index contributed by atoms with van der Waals surface area (Å²) in [6.45, 7) is 4.45. The van der Waals surface area contributed by atoms with Crippen LogP contribution in [0.3, 0.4) is 0 Å². The molecule has 0 saturated carbocycles. The van der Waals surface area contributed by atoms with Gasteiger partial charge in [0.1, 0.15) is 12.7 Å². The number of rotatable bonds is 50. The molecule has 11 nitrogen and oxygen atoms in total. The highest BCUT2D eigenvalue weighted by atomic mass is 31.2. The third-order valence-corrected chi connectivity index (χ3v) is 12.4. The molecule has 0 aromatic rings. The Morgan fingerprint density at radius 1 is 0.426 bits per heavy atom. The minimum absolute atomic E-state index is 0.140.